The first kappa shape index (κ1) is 12.0. The van der Waals surface area contributed by atoms with E-state index in [1.165, 1.54) is 6.07 Å². The summed E-state index contributed by atoms with van der Waals surface area (Å²) >= 11 is 2.80. The van der Waals surface area contributed by atoms with E-state index in [2.05, 4.69) is 15.9 Å². The zero-order valence-corrected chi connectivity index (χ0v) is 8.98. The lowest BCUT2D eigenvalue weighted by Crippen LogP contribution is -2.09. The van der Waals surface area contributed by atoms with Gasteiger partial charge in [-0.05, 0) is 17.7 Å². The topological polar surface area (TPSA) is 49.8 Å². The van der Waals surface area contributed by atoms with E-state index >= 15 is 0 Å². The van der Waals surface area contributed by atoms with Crippen molar-refractivity contribution in [3.63, 3.8) is 0 Å². The normalized spacial score (nSPS) is 11.2. The summed E-state index contributed by atoms with van der Waals surface area (Å²) in [6.07, 6.45) is -4.47. The van der Waals surface area contributed by atoms with Gasteiger partial charge in [-0.3, -0.25) is 0 Å². The first-order chi connectivity index (χ1) is 6.90. The maximum atomic E-state index is 12.4. The molecule has 0 aliphatic carbocycles. The second-order valence-electron chi connectivity index (χ2n) is 2.80. The molecule has 0 aliphatic rings. The Bertz CT molecular complexity index is 421. The number of nitriles is 1. The Hall–Kier alpha value is -1.06. The van der Waals surface area contributed by atoms with Crippen molar-refractivity contribution in [1.29, 1.82) is 5.26 Å². The molecule has 0 saturated heterocycles. The number of rotatable bonds is 1. The number of benzene rings is 1. The fraction of sp³-hybridized carbons (Fsp3) is 0.222. The summed E-state index contributed by atoms with van der Waals surface area (Å²) in [5.41, 5.74) is 4.77. The Morgan fingerprint density at radius 3 is 2.40 bits per heavy atom. The van der Waals surface area contributed by atoms with E-state index in [9.17, 15) is 13.2 Å². The molecule has 0 unspecified atom stereocenters. The molecule has 0 bridgehead atoms. The Morgan fingerprint density at radius 1 is 1.40 bits per heavy atom. The average Bonchev–Trinajstić information content (AvgIpc) is 2.15. The SMILES string of the molecule is N#Cc1cc(C(F)(F)F)c(Br)cc1CN. The molecular formula is C9H6BrF3N2. The van der Waals surface area contributed by atoms with Crippen LogP contribution in [0.1, 0.15) is 16.7 Å². The molecule has 1 aromatic carbocycles. The van der Waals surface area contributed by atoms with Crippen molar-refractivity contribution in [2.24, 2.45) is 5.73 Å². The molecule has 1 rings (SSSR count). The number of nitrogens with zero attached hydrogens (tertiary/aromatic N) is 1. The van der Waals surface area contributed by atoms with E-state index in [1.54, 1.807) is 6.07 Å². The molecule has 0 fully saturated rings. The summed E-state index contributed by atoms with van der Waals surface area (Å²) in [7, 11) is 0. The number of hydrogen-bond acceptors (Lipinski definition) is 2. The summed E-state index contributed by atoms with van der Waals surface area (Å²) in [4.78, 5) is 0. The van der Waals surface area contributed by atoms with Gasteiger partial charge in [0.15, 0.2) is 0 Å². The Labute approximate surface area is 92.6 Å². The van der Waals surface area contributed by atoms with Crippen LogP contribution < -0.4 is 5.73 Å². The van der Waals surface area contributed by atoms with Crippen LogP contribution in [0.3, 0.4) is 0 Å². The molecule has 0 radical (unpaired) electrons. The largest absolute Gasteiger partial charge is 0.417 e. The smallest absolute Gasteiger partial charge is 0.326 e. The molecule has 15 heavy (non-hydrogen) atoms. The van der Waals surface area contributed by atoms with Crippen molar-refractivity contribution in [2.45, 2.75) is 12.7 Å². The predicted molar refractivity (Wildman–Crippen MR) is 51.8 cm³/mol. The van der Waals surface area contributed by atoms with Gasteiger partial charge in [0.2, 0.25) is 0 Å². The molecule has 0 saturated carbocycles. The van der Waals surface area contributed by atoms with Gasteiger partial charge in [-0.2, -0.15) is 18.4 Å². The van der Waals surface area contributed by atoms with Crippen LogP contribution in [0.5, 0.6) is 0 Å². The fourth-order valence-electron chi connectivity index (χ4n) is 1.10. The highest BCUT2D eigenvalue weighted by Crippen LogP contribution is 2.36. The first-order valence-corrected chi connectivity index (χ1v) is 4.69. The standard InChI is InChI=1S/C9H6BrF3N2/c10-8-2-6(4-15)5(3-14)1-7(8)9(11,12)13/h1-2H,4,15H2. The van der Waals surface area contributed by atoms with Crippen molar-refractivity contribution >= 4 is 15.9 Å². The van der Waals surface area contributed by atoms with E-state index < -0.39 is 11.7 Å². The van der Waals surface area contributed by atoms with Crippen LogP contribution in [0, 0.1) is 11.3 Å². The first-order valence-electron chi connectivity index (χ1n) is 3.90. The quantitative estimate of drug-likeness (QED) is 0.859. The van der Waals surface area contributed by atoms with Crippen LogP contribution in [-0.4, -0.2) is 0 Å². The van der Waals surface area contributed by atoms with Crippen LogP contribution in [0.2, 0.25) is 0 Å². The lowest BCUT2D eigenvalue weighted by molar-refractivity contribution is -0.138. The summed E-state index contributed by atoms with van der Waals surface area (Å²) < 4.78 is 37.2. The molecule has 0 heterocycles. The predicted octanol–water partition coefficient (Wildman–Crippen LogP) is 2.80. The molecule has 0 aliphatic heterocycles. The number of hydrogen-bond donors (Lipinski definition) is 1. The zero-order valence-electron chi connectivity index (χ0n) is 7.40. The van der Waals surface area contributed by atoms with Gasteiger partial charge in [0, 0.05) is 11.0 Å². The molecule has 0 aromatic heterocycles. The molecule has 6 heteroatoms. The molecule has 1 aromatic rings. The average molecular weight is 279 g/mol. The summed E-state index contributed by atoms with van der Waals surface area (Å²) in [6.45, 7) is 0.0274. The van der Waals surface area contributed by atoms with Crippen molar-refractivity contribution < 1.29 is 13.2 Å². The van der Waals surface area contributed by atoms with Crippen molar-refractivity contribution in [1.82, 2.24) is 0 Å². The maximum Gasteiger partial charge on any atom is 0.417 e. The second-order valence-corrected chi connectivity index (χ2v) is 3.66. The monoisotopic (exact) mass is 278 g/mol. The molecule has 2 N–H and O–H groups in total. The third-order valence-corrected chi connectivity index (χ3v) is 2.49. The Morgan fingerprint density at radius 2 is 2.00 bits per heavy atom. The highest BCUT2D eigenvalue weighted by Gasteiger charge is 2.33. The maximum absolute atomic E-state index is 12.4. The molecule has 2 nitrogen and oxygen atoms in total. The Kier molecular flexibility index (Phi) is 3.37. The van der Waals surface area contributed by atoms with Gasteiger partial charge in [0.1, 0.15) is 0 Å². The van der Waals surface area contributed by atoms with Crippen molar-refractivity contribution in [2.75, 3.05) is 0 Å². The van der Waals surface area contributed by atoms with E-state index in [0.29, 0.717) is 5.56 Å². The van der Waals surface area contributed by atoms with Gasteiger partial charge >= 0.3 is 6.18 Å². The van der Waals surface area contributed by atoms with Crippen molar-refractivity contribution in [3.8, 4) is 6.07 Å². The van der Waals surface area contributed by atoms with Gasteiger partial charge < -0.3 is 5.73 Å². The molecule has 80 valence electrons. The van der Waals surface area contributed by atoms with E-state index in [4.69, 9.17) is 11.0 Å². The van der Waals surface area contributed by atoms with Gasteiger partial charge in [-0.1, -0.05) is 15.9 Å². The van der Waals surface area contributed by atoms with E-state index in [1.807, 2.05) is 0 Å². The van der Waals surface area contributed by atoms with Crippen LogP contribution in [0.15, 0.2) is 16.6 Å². The van der Waals surface area contributed by atoms with Gasteiger partial charge in [0.25, 0.3) is 0 Å². The third-order valence-electron chi connectivity index (χ3n) is 1.84. The van der Waals surface area contributed by atoms with Crippen LogP contribution >= 0.6 is 15.9 Å². The van der Waals surface area contributed by atoms with Crippen LogP contribution in [0.25, 0.3) is 0 Å². The molecule has 0 atom stereocenters. The molecule has 0 spiro atoms. The van der Waals surface area contributed by atoms with Crippen molar-refractivity contribution in [3.05, 3.63) is 33.3 Å². The van der Waals surface area contributed by atoms with Gasteiger partial charge in [-0.25, -0.2) is 0 Å². The second kappa shape index (κ2) is 4.21. The fourth-order valence-corrected chi connectivity index (χ4v) is 1.72. The number of halogens is 4. The minimum atomic E-state index is -4.47. The third kappa shape index (κ3) is 2.49. The van der Waals surface area contributed by atoms with E-state index in [-0.39, 0.29) is 16.6 Å². The van der Waals surface area contributed by atoms with Gasteiger partial charge in [0.05, 0.1) is 17.2 Å². The number of alkyl halides is 3. The molecular weight excluding hydrogens is 273 g/mol. The lowest BCUT2D eigenvalue weighted by atomic mass is 10.0. The lowest BCUT2D eigenvalue weighted by Gasteiger charge is -2.11. The highest BCUT2D eigenvalue weighted by atomic mass is 79.9. The zero-order chi connectivity index (χ0) is 11.6. The summed E-state index contributed by atoms with van der Waals surface area (Å²) in [6, 6.07) is 3.71. The van der Waals surface area contributed by atoms with Crippen LogP contribution in [0.4, 0.5) is 13.2 Å². The number of nitrogens with two attached hydrogens (primary N) is 1. The van der Waals surface area contributed by atoms with Crippen LogP contribution in [-0.2, 0) is 12.7 Å². The minimum Gasteiger partial charge on any atom is -0.326 e. The Balaban J connectivity index is 3.41. The highest BCUT2D eigenvalue weighted by molar-refractivity contribution is 9.10. The summed E-state index contributed by atoms with van der Waals surface area (Å²) in [5, 5.41) is 8.64. The summed E-state index contributed by atoms with van der Waals surface area (Å²) in [5.74, 6) is 0. The molecule has 0 amide bonds. The van der Waals surface area contributed by atoms with Gasteiger partial charge in [-0.15, -0.1) is 0 Å². The van der Waals surface area contributed by atoms with E-state index in [0.717, 1.165) is 6.07 Å². The minimum absolute atomic E-state index is 0.0274.